The van der Waals surface area contributed by atoms with Crippen LogP contribution in [0.1, 0.15) is 36.5 Å². The SMILES string of the molecule is COc1cc(-n2c(C)nc3cccnc32)c(Cl)cc1C(=O)NCCC(C)C. The summed E-state index contributed by atoms with van der Waals surface area (Å²) in [4.78, 5) is 21.5. The molecule has 1 N–H and O–H groups in total. The van der Waals surface area contributed by atoms with Crippen molar-refractivity contribution in [3.8, 4) is 11.4 Å². The lowest BCUT2D eigenvalue weighted by Gasteiger charge is -2.15. The van der Waals surface area contributed by atoms with Crippen LogP contribution in [0.15, 0.2) is 30.5 Å². The Hall–Kier alpha value is -2.60. The van der Waals surface area contributed by atoms with E-state index in [-0.39, 0.29) is 5.91 Å². The minimum Gasteiger partial charge on any atom is -0.496 e. The quantitative estimate of drug-likeness (QED) is 0.690. The maximum Gasteiger partial charge on any atom is 0.255 e. The average molecular weight is 387 g/mol. The molecular weight excluding hydrogens is 364 g/mol. The summed E-state index contributed by atoms with van der Waals surface area (Å²) >= 11 is 6.54. The number of benzene rings is 1. The zero-order chi connectivity index (χ0) is 19.6. The smallest absolute Gasteiger partial charge is 0.255 e. The van der Waals surface area contributed by atoms with Gasteiger partial charge in [0.1, 0.15) is 17.1 Å². The summed E-state index contributed by atoms with van der Waals surface area (Å²) in [5.74, 6) is 1.52. The molecule has 0 saturated carbocycles. The first-order chi connectivity index (χ1) is 12.9. The van der Waals surface area contributed by atoms with E-state index in [1.54, 1.807) is 18.3 Å². The molecule has 7 heteroatoms. The lowest BCUT2D eigenvalue weighted by molar-refractivity contribution is 0.0949. The Morgan fingerprint density at radius 3 is 2.85 bits per heavy atom. The van der Waals surface area contributed by atoms with Gasteiger partial charge in [-0.3, -0.25) is 9.36 Å². The molecule has 0 aliphatic heterocycles. The third-order valence-electron chi connectivity index (χ3n) is 4.35. The van der Waals surface area contributed by atoms with Crippen molar-refractivity contribution in [2.45, 2.75) is 27.2 Å². The number of hydrogen-bond donors (Lipinski definition) is 1. The number of hydrogen-bond acceptors (Lipinski definition) is 4. The van der Waals surface area contributed by atoms with Crippen LogP contribution in [0.5, 0.6) is 5.75 Å². The number of fused-ring (bicyclic) bond motifs is 1. The van der Waals surface area contributed by atoms with E-state index in [0.717, 1.165) is 17.8 Å². The van der Waals surface area contributed by atoms with Crippen LogP contribution in [0.3, 0.4) is 0 Å². The number of rotatable bonds is 6. The Balaban J connectivity index is 2.01. The largest absolute Gasteiger partial charge is 0.496 e. The van der Waals surface area contributed by atoms with Crippen LogP contribution in [0.2, 0.25) is 5.02 Å². The van der Waals surface area contributed by atoms with Gasteiger partial charge in [0.15, 0.2) is 5.65 Å². The van der Waals surface area contributed by atoms with Gasteiger partial charge in [-0.1, -0.05) is 25.4 Å². The molecule has 0 aliphatic carbocycles. The van der Waals surface area contributed by atoms with Gasteiger partial charge in [0.25, 0.3) is 5.91 Å². The Bertz CT molecular complexity index is 982. The highest BCUT2D eigenvalue weighted by molar-refractivity contribution is 6.33. The summed E-state index contributed by atoms with van der Waals surface area (Å²) in [5, 5.41) is 3.35. The van der Waals surface area contributed by atoms with Crippen LogP contribution in [0, 0.1) is 12.8 Å². The molecule has 0 spiro atoms. The number of aryl methyl sites for hydroxylation is 1. The number of nitrogens with zero attached hydrogens (tertiary/aromatic N) is 3. The van der Waals surface area contributed by atoms with Crippen LogP contribution >= 0.6 is 11.6 Å². The fraction of sp³-hybridized carbons (Fsp3) is 0.350. The van der Waals surface area contributed by atoms with Gasteiger partial charge < -0.3 is 10.1 Å². The number of aromatic nitrogens is 3. The van der Waals surface area contributed by atoms with E-state index in [2.05, 4.69) is 29.1 Å². The van der Waals surface area contributed by atoms with Crippen LogP contribution in [-0.4, -0.2) is 34.1 Å². The number of halogens is 1. The van der Waals surface area contributed by atoms with E-state index in [4.69, 9.17) is 16.3 Å². The molecule has 0 aliphatic rings. The highest BCUT2D eigenvalue weighted by atomic mass is 35.5. The van der Waals surface area contributed by atoms with Crippen molar-refractivity contribution in [2.75, 3.05) is 13.7 Å². The van der Waals surface area contributed by atoms with Gasteiger partial charge in [-0.05, 0) is 37.5 Å². The zero-order valence-corrected chi connectivity index (χ0v) is 16.7. The van der Waals surface area contributed by atoms with Crippen LogP contribution in [0.25, 0.3) is 16.9 Å². The fourth-order valence-electron chi connectivity index (χ4n) is 2.94. The number of carbonyl (C=O) groups excluding carboxylic acids is 1. The van der Waals surface area contributed by atoms with E-state index in [1.807, 2.05) is 23.6 Å². The summed E-state index contributed by atoms with van der Waals surface area (Å²) in [5.41, 5.74) is 2.56. The molecule has 3 rings (SSSR count). The normalized spacial score (nSPS) is 11.2. The third-order valence-corrected chi connectivity index (χ3v) is 4.65. The van der Waals surface area contributed by atoms with Crippen molar-refractivity contribution in [3.63, 3.8) is 0 Å². The summed E-state index contributed by atoms with van der Waals surface area (Å²) in [7, 11) is 1.54. The molecule has 0 fully saturated rings. The second-order valence-electron chi connectivity index (χ2n) is 6.78. The molecule has 0 saturated heterocycles. The topological polar surface area (TPSA) is 69.0 Å². The summed E-state index contributed by atoms with van der Waals surface area (Å²) in [6, 6.07) is 7.12. The van der Waals surface area contributed by atoms with Gasteiger partial charge in [0, 0.05) is 18.8 Å². The minimum absolute atomic E-state index is 0.203. The first kappa shape index (κ1) is 19.2. The fourth-order valence-corrected chi connectivity index (χ4v) is 3.19. The van der Waals surface area contributed by atoms with Crippen molar-refractivity contribution < 1.29 is 9.53 Å². The van der Waals surface area contributed by atoms with Crippen molar-refractivity contribution in [2.24, 2.45) is 5.92 Å². The lowest BCUT2D eigenvalue weighted by Crippen LogP contribution is -2.26. The minimum atomic E-state index is -0.203. The van der Waals surface area contributed by atoms with Crippen LogP contribution in [0.4, 0.5) is 0 Å². The standard InChI is InChI=1S/C20H23ClN4O2/c1-12(2)7-9-23-20(26)14-10-15(21)17(11-18(14)27-4)25-13(3)24-16-6-5-8-22-19(16)25/h5-6,8,10-12H,7,9H2,1-4H3,(H,23,26). The molecule has 0 atom stereocenters. The predicted molar refractivity (Wildman–Crippen MR) is 107 cm³/mol. The molecule has 1 amide bonds. The van der Waals surface area contributed by atoms with Crippen LogP contribution < -0.4 is 10.1 Å². The number of nitrogens with one attached hydrogen (secondary N) is 1. The second kappa shape index (κ2) is 7.96. The molecule has 0 unspecified atom stereocenters. The van der Waals surface area contributed by atoms with E-state index < -0.39 is 0 Å². The van der Waals surface area contributed by atoms with E-state index in [9.17, 15) is 4.79 Å². The molecule has 6 nitrogen and oxygen atoms in total. The van der Waals surface area contributed by atoms with Crippen LogP contribution in [-0.2, 0) is 0 Å². The third kappa shape index (κ3) is 3.90. The Kier molecular flexibility index (Phi) is 5.65. The van der Waals surface area contributed by atoms with Gasteiger partial charge in [0.05, 0.1) is 23.4 Å². The van der Waals surface area contributed by atoms with E-state index in [0.29, 0.717) is 40.1 Å². The van der Waals surface area contributed by atoms with Gasteiger partial charge in [-0.15, -0.1) is 0 Å². The summed E-state index contributed by atoms with van der Waals surface area (Å²) in [6.45, 7) is 6.72. The molecule has 2 heterocycles. The molecular formula is C20H23ClN4O2. The Labute approximate surface area is 163 Å². The molecule has 0 bridgehead atoms. The molecule has 27 heavy (non-hydrogen) atoms. The predicted octanol–water partition coefficient (Wildman–Crippen LogP) is 4.17. The maximum absolute atomic E-state index is 12.6. The number of amides is 1. The van der Waals surface area contributed by atoms with Crippen molar-refractivity contribution in [3.05, 3.63) is 46.9 Å². The number of ether oxygens (including phenoxy) is 1. The number of imidazole rings is 1. The lowest BCUT2D eigenvalue weighted by atomic mass is 10.1. The highest BCUT2D eigenvalue weighted by Gasteiger charge is 2.19. The molecule has 1 aromatic carbocycles. The summed E-state index contributed by atoms with van der Waals surface area (Å²) < 4.78 is 7.33. The first-order valence-electron chi connectivity index (χ1n) is 8.88. The number of methoxy groups -OCH3 is 1. The van der Waals surface area contributed by atoms with Gasteiger partial charge in [0.2, 0.25) is 0 Å². The monoisotopic (exact) mass is 386 g/mol. The first-order valence-corrected chi connectivity index (χ1v) is 9.26. The van der Waals surface area contributed by atoms with Gasteiger partial charge >= 0.3 is 0 Å². The maximum atomic E-state index is 12.6. The molecule has 2 aromatic heterocycles. The second-order valence-corrected chi connectivity index (χ2v) is 7.19. The highest BCUT2D eigenvalue weighted by Crippen LogP contribution is 2.32. The average Bonchev–Trinajstić information content (AvgIpc) is 2.96. The van der Waals surface area contributed by atoms with Crippen molar-refractivity contribution in [1.82, 2.24) is 19.9 Å². The number of pyridine rings is 1. The Morgan fingerprint density at radius 2 is 2.15 bits per heavy atom. The van der Waals surface area contributed by atoms with E-state index in [1.165, 1.54) is 7.11 Å². The number of carbonyl (C=O) groups is 1. The van der Waals surface area contributed by atoms with E-state index >= 15 is 0 Å². The zero-order valence-electron chi connectivity index (χ0n) is 15.9. The van der Waals surface area contributed by atoms with Gasteiger partial charge in [-0.25, -0.2) is 9.97 Å². The molecule has 0 radical (unpaired) electrons. The van der Waals surface area contributed by atoms with Crippen molar-refractivity contribution in [1.29, 1.82) is 0 Å². The molecule has 142 valence electrons. The Morgan fingerprint density at radius 1 is 1.37 bits per heavy atom. The van der Waals surface area contributed by atoms with Crippen molar-refractivity contribution >= 4 is 28.7 Å². The molecule has 3 aromatic rings. The summed E-state index contributed by atoms with van der Waals surface area (Å²) in [6.07, 6.45) is 2.62. The van der Waals surface area contributed by atoms with Gasteiger partial charge in [-0.2, -0.15) is 0 Å².